The Morgan fingerprint density at radius 2 is 1.89 bits per heavy atom. The summed E-state index contributed by atoms with van der Waals surface area (Å²) in [7, 11) is 1.65. The second-order valence-electron chi connectivity index (χ2n) is 6.54. The summed E-state index contributed by atoms with van der Waals surface area (Å²) in [4.78, 5) is 2.44. The average molecular weight is 383 g/mol. The van der Waals surface area contributed by atoms with Crippen LogP contribution in [0.1, 0.15) is 5.56 Å². The lowest BCUT2D eigenvalue weighted by Gasteiger charge is -2.25. The maximum atomic E-state index is 13.8. The Bertz CT molecular complexity index is 904. The molecule has 0 atom stereocenters. The van der Waals surface area contributed by atoms with Gasteiger partial charge in [0.2, 0.25) is 0 Å². The number of thioether (sulfide) groups is 1. The topological polar surface area (TPSA) is 30.3 Å². The molecule has 0 amide bonds. The number of hydrogen-bond donors (Lipinski definition) is 0. The SMILES string of the molecule is COc1ccc(-n2cc(CN3CCSCC3)c(-c3cccc(F)c3)n2)cc1. The Balaban J connectivity index is 1.71. The molecule has 1 aliphatic rings. The van der Waals surface area contributed by atoms with Gasteiger partial charge in [-0.15, -0.1) is 0 Å². The number of rotatable bonds is 5. The van der Waals surface area contributed by atoms with Crippen LogP contribution >= 0.6 is 11.8 Å². The van der Waals surface area contributed by atoms with Gasteiger partial charge in [-0.2, -0.15) is 16.9 Å². The predicted octanol–water partition coefficient (Wildman–Crippen LogP) is 4.24. The van der Waals surface area contributed by atoms with Crippen LogP contribution < -0.4 is 4.74 Å². The number of ether oxygens (including phenoxy) is 1. The van der Waals surface area contributed by atoms with Crippen LogP contribution in [0.15, 0.2) is 54.7 Å². The molecular weight excluding hydrogens is 361 g/mol. The van der Waals surface area contributed by atoms with Crippen molar-refractivity contribution in [1.82, 2.24) is 14.7 Å². The lowest BCUT2D eigenvalue weighted by atomic mass is 10.1. The molecule has 0 bridgehead atoms. The van der Waals surface area contributed by atoms with Gasteiger partial charge in [0.25, 0.3) is 0 Å². The van der Waals surface area contributed by atoms with Crippen LogP contribution in [0.5, 0.6) is 5.75 Å². The maximum absolute atomic E-state index is 13.8. The highest BCUT2D eigenvalue weighted by Gasteiger charge is 2.17. The number of halogens is 1. The second-order valence-corrected chi connectivity index (χ2v) is 7.77. The van der Waals surface area contributed by atoms with Gasteiger partial charge in [-0.05, 0) is 36.4 Å². The molecule has 1 aromatic heterocycles. The van der Waals surface area contributed by atoms with E-state index in [9.17, 15) is 4.39 Å². The summed E-state index contributed by atoms with van der Waals surface area (Å²) in [6, 6.07) is 14.4. The monoisotopic (exact) mass is 383 g/mol. The minimum Gasteiger partial charge on any atom is -0.497 e. The van der Waals surface area contributed by atoms with Crippen LogP contribution in [-0.4, -0.2) is 46.4 Å². The van der Waals surface area contributed by atoms with Gasteiger partial charge in [-0.25, -0.2) is 9.07 Å². The molecule has 27 heavy (non-hydrogen) atoms. The Morgan fingerprint density at radius 3 is 2.59 bits per heavy atom. The van der Waals surface area contributed by atoms with Crippen molar-refractivity contribution in [3.63, 3.8) is 0 Å². The van der Waals surface area contributed by atoms with E-state index in [1.165, 1.54) is 6.07 Å². The third kappa shape index (κ3) is 4.17. The minimum absolute atomic E-state index is 0.244. The van der Waals surface area contributed by atoms with Gasteiger partial charge >= 0.3 is 0 Å². The zero-order valence-corrected chi connectivity index (χ0v) is 16.1. The summed E-state index contributed by atoms with van der Waals surface area (Å²) in [6.45, 7) is 2.96. The maximum Gasteiger partial charge on any atom is 0.123 e. The molecule has 4 rings (SSSR count). The molecule has 1 fully saturated rings. The summed E-state index contributed by atoms with van der Waals surface area (Å²) in [5.74, 6) is 2.87. The van der Waals surface area contributed by atoms with E-state index in [4.69, 9.17) is 9.84 Å². The first kappa shape index (κ1) is 18.1. The molecule has 2 heterocycles. The number of nitrogens with zero attached hydrogens (tertiary/aromatic N) is 3. The van der Waals surface area contributed by atoms with Crippen molar-refractivity contribution in [2.45, 2.75) is 6.54 Å². The Hall–Kier alpha value is -2.31. The summed E-state index contributed by atoms with van der Waals surface area (Å²) >= 11 is 1.99. The summed E-state index contributed by atoms with van der Waals surface area (Å²) in [5, 5.41) is 4.79. The quantitative estimate of drug-likeness (QED) is 0.659. The molecular formula is C21H22FN3OS. The molecule has 0 aliphatic carbocycles. The fourth-order valence-corrected chi connectivity index (χ4v) is 4.25. The third-order valence-corrected chi connectivity index (χ3v) is 5.67. The molecule has 2 aromatic carbocycles. The second kappa shape index (κ2) is 8.15. The smallest absolute Gasteiger partial charge is 0.123 e. The molecule has 0 saturated carbocycles. The highest BCUT2D eigenvalue weighted by molar-refractivity contribution is 7.99. The van der Waals surface area contributed by atoms with E-state index in [1.807, 2.05) is 46.8 Å². The molecule has 4 nitrogen and oxygen atoms in total. The highest BCUT2D eigenvalue weighted by atomic mass is 32.2. The Morgan fingerprint density at radius 1 is 1.11 bits per heavy atom. The van der Waals surface area contributed by atoms with E-state index in [2.05, 4.69) is 11.1 Å². The van der Waals surface area contributed by atoms with E-state index in [1.54, 1.807) is 19.2 Å². The van der Waals surface area contributed by atoms with Crippen molar-refractivity contribution in [3.8, 4) is 22.7 Å². The van der Waals surface area contributed by atoms with Gasteiger partial charge in [0.05, 0.1) is 18.5 Å². The van der Waals surface area contributed by atoms with Crippen LogP contribution in [-0.2, 0) is 6.54 Å². The van der Waals surface area contributed by atoms with Crippen molar-refractivity contribution >= 4 is 11.8 Å². The molecule has 6 heteroatoms. The van der Waals surface area contributed by atoms with E-state index >= 15 is 0 Å². The van der Waals surface area contributed by atoms with Gasteiger partial charge in [0.15, 0.2) is 0 Å². The van der Waals surface area contributed by atoms with Gasteiger partial charge in [-0.1, -0.05) is 12.1 Å². The van der Waals surface area contributed by atoms with Gasteiger partial charge in [-0.3, -0.25) is 4.90 Å². The molecule has 140 valence electrons. The first-order valence-electron chi connectivity index (χ1n) is 9.02. The standard InChI is InChI=1S/C21H22FN3OS/c1-26-20-7-5-19(6-8-20)25-15-17(14-24-9-11-27-12-10-24)21(23-25)16-3-2-4-18(22)13-16/h2-8,13,15H,9-12,14H2,1H3. The third-order valence-electron chi connectivity index (χ3n) is 4.72. The largest absolute Gasteiger partial charge is 0.497 e. The van der Waals surface area contributed by atoms with Crippen molar-refractivity contribution < 1.29 is 9.13 Å². The molecule has 1 saturated heterocycles. The number of methoxy groups -OCH3 is 1. The van der Waals surface area contributed by atoms with Gasteiger partial charge < -0.3 is 4.74 Å². The van der Waals surface area contributed by atoms with Crippen molar-refractivity contribution in [2.24, 2.45) is 0 Å². The first-order chi connectivity index (χ1) is 13.2. The van der Waals surface area contributed by atoms with Crippen molar-refractivity contribution in [1.29, 1.82) is 0 Å². The summed E-state index contributed by atoms with van der Waals surface area (Å²) in [6.07, 6.45) is 2.06. The lowest BCUT2D eigenvalue weighted by molar-refractivity contribution is 0.295. The van der Waals surface area contributed by atoms with Crippen molar-refractivity contribution in [3.05, 3.63) is 66.1 Å². The normalized spacial score (nSPS) is 15.0. The van der Waals surface area contributed by atoms with Crippen LogP contribution in [0.25, 0.3) is 16.9 Å². The van der Waals surface area contributed by atoms with Crippen LogP contribution in [0, 0.1) is 5.82 Å². The fourth-order valence-electron chi connectivity index (χ4n) is 3.27. The molecule has 0 spiro atoms. The molecule has 0 radical (unpaired) electrons. The minimum atomic E-state index is -0.244. The van der Waals surface area contributed by atoms with E-state index in [0.29, 0.717) is 0 Å². The number of benzene rings is 2. The summed E-state index contributed by atoms with van der Waals surface area (Å²) in [5.41, 5.74) is 3.71. The van der Waals surface area contributed by atoms with E-state index in [-0.39, 0.29) is 5.82 Å². The molecule has 0 N–H and O–H groups in total. The Kier molecular flexibility index (Phi) is 5.45. The van der Waals surface area contributed by atoms with Crippen LogP contribution in [0.4, 0.5) is 4.39 Å². The predicted molar refractivity (Wildman–Crippen MR) is 108 cm³/mol. The van der Waals surface area contributed by atoms with Crippen molar-refractivity contribution in [2.75, 3.05) is 31.7 Å². The first-order valence-corrected chi connectivity index (χ1v) is 10.2. The Labute approximate surface area is 162 Å². The molecule has 0 unspecified atom stereocenters. The molecule has 3 aromatic rings. The molecule has 1 aliphatic heterocycles. The summed E-state index contributed by atoms with van der Waals surface area (Å²) < 4.78 is 20.9. The fraction of sp³-hybridized carbons (Fsp3) is 0.286. The number of aromatic nitrogens is 2. The van der Waals surface area contributed by atoms with Gasteiger partial charge in [0, 0.05) is 48.5 Å². The van der Waals surface area contributed by atoms with Gasteiger partial charge in [0.1, 0.15) is 11.6 Å². The van der Waals surface area contributed by atoms with Crippen LogP contribution in [0.3, 0.4) is 0 Å². The average Bonchev–Trinajstić information content (AvgIpc) is 3.12. The highest BCUT2D eigenvalue weighted by Crippen LogP contribution is 2.27. The van der Waals surface area contributed by atoms with E-state index in [0.717, 1.165) is 59.4 Å². The zero-order chi connectivity index (χ0) is 18.6. The van der Waals surface area contributed by atoms with E-state index < -0.39 is 0 Å². The number of hydrogen-bond acceptors (Lipinski definition) is 4. The van der Waals surface area contributed by atoms with Crippen LogP contribution in [0.2, 0.25) is 0 Å². The zero-order valence-electron chi connectivity index (χ0n) is 15.3. The lowest BCUT2D eigenvalue weighted by Crippen LogP contribution is -2.32.